The molecule has 0 fully saturated rings. The molecule has 111 heavy (non-hydrogen) atoms. The first-order chi connectivity index (χ1) is 53.0. The highest BCUT2D eigenvalue weighted by molar-refractivity contribution is 8.77. The second-order valence-electron chi connectivity index (χ2n) is 24.1. The summed E-state index contributed by atoms with van der Waals surface area (Å²) < 4.78 is 103. The van der Waals surface area contributed by atoms with Gasteiger partial charge in [-0.05, 0) is 168 Å². The number of hydrogen-bond acceptors (Lipinski definition) is 22. The van der Waals surface area contributed by atoms with Crippen molar-refractivity contribution in [2.24, 2.45) is 0 Å². The zero-order chi connectivity index (χ0) is 79.3. The topological polar surface area (TPSA) is 267 Å². The van der Waals surface area contributed by atoms with Crippen molar-refractivity contribution in [3.63, 3.8) is 0 Å². The van der Waals surface area contributed by atoms with Gasteiger partial charge >= 0.3 is 35.2 Å². The summed E-state index contributed by atoms with van der Waals surface area (Å²) in [5, 5.41) is 20.3. The molecule has 2 aliphatic carbocycles. The van der Waals surface area contributed by atoms with Gasteiger partial charge in [0, 0.05) is 165 Å². The first kappa shape index (κ1) is 82.4. The van der Waals surface area contributed by atoms with E-state index >= 15 is 0 Å². The van der Waals surface area contributed by atoms with Gasteiger partial charge in [-0.1, -0.05) is 104 Å². The van der Waals surface area contributed by atoms with Crippen molar-refractivity contribution in [3.05, 3.63) is 252 Å². The summed E-state index contributed by atoms with van der Waals surface area (Å²) >= 11 is 22.3. The number of benzene rings is 9. The summed E-state index contributed by atoms with van der Waals surface area (Å²) in [6, 6.07) is 53.3. The predicted octanol–water partition coefficient (Wildman–Crippen LogP) is 22.2. The normalized spacial score (nSPS) is 11.4. The van der Waals surface area contributed by atoms with Gasteiger partial charge in [-0.3, -0.25) is 19.2 Å². The first-order valence-electron chi connectivity index (χ1n) is 33.0. The number of fused-ring (bicyclic) bond motifs is 7. The zero-order valence-electron chi connectivity index (χ0n) is 57.3. The van der Waals surface area contributed by atoms with E-state index in [1.54, 1.807) is 127 Å². The van der Waals surface area contributed by atoms with Crippen molar-refractivity contribution >= 4 is 221 Å². The third-order valence-electron chi connectivity index (χ3n) is 16.1. The molecular formula is C79H59F6N5O11S10. The molecule has 3 aromatic heterocycles. The Labute approximate surface area is 672 Å². The number of amides is 3. The lowest BCUT2D eigenvalue weighted by molar-refractivity contribution is -0.137. The number of anilines is 5. The van der Waals surface area contributed by atoms with Crippen LogP contribution in [0.15, 0.2) is 238 Å². The fraction of sp³-hybridized carbons (Fsp3) is 0.127. The standard InChI is InChI=1S/C35H25F3N2O4S5.C20H12F3NS3.C15H15NO5S2.C9H7NO2/c36-35(37,38)27-16-21(2-6-24(27)34-25-7-4-22(45)17-29(25)49-30-18-23(46)5-8-26(30)34)40-32(42)12-14-48-47-13-11-31(41)39-20-3-9-28-19(15-20)1-10-33(43)44-28;21-20(22,23)16-7-10(24)1-4-13(16)19-14-5-2-11(25)8-17(14)27-18-9-12(26)3-6-15(18)19;17-13(5-7-22-23-8-6-14(18)19)16-11-2-3-12-10(9-11)1-4-15(20)21-12;10-7-2-3-8-6(5-7)1-4-9(11)12-8/h1-10,15-18,45H,11-14H2,(H,39,41)(H,40,42);1-9,25H,24H2;1-4,9H,5-8H2,(H,16,17)(H,18,19);1-5H,10H2. The largest absolute Gasteiger partial charge is 0.481 e. The number of nitrogens with one attached hydrogen (secondary N) is 3. The number of carboxylic acid groups (broad SMARTS) is 1. The molecule has 10 aromatic rings. The lowest BCUT2D eigenvalue weighted by Gasteiger charge is -2.20. The summed E-state index contributed by atoms with van der Waals surface area (Å²) in [7, 11) is 5.75. The molecule has 16 nitrogen and oxygen atoms in total. The number of alkyl halides is 6. The number of carbonyl (C=O) groups excluding carboxylic acids is 3. The maximum absolute atomic E-state index is 14.6. The van der Waals surface area contributed by atoms with E-state index in [4.69, 9.17) is 54.3 Å². The molecule has 4 aliphatic rings. The van der Waals surface area contributed by atoms with Crippen molar-refractivity contribution in [1.29, 1.82) is 0 Å². The minimum Gasteiger partial charge on any atom is -0.481 e. The van der Waals surface area contributed by atoms with Gasteiger partial charge < -0.3 is 45.8 Å². The third kappa shape index (κ3) is 22.4. The van der Waals surface area contributed by atoms with Crippen LogP contribution in [0.25, 0.3) is 96.2 Å². The number of nitrogen functional groups attached to an aromatic ring is 2. The van der Waals surface area contributed by atoms with E-state index in [2.05, 4.69) is 41.2 Å². The van der Waals surface area contributed by atoms with Gasteiger partial charge in [0.2, 0.25) is 17.7 Å². The molecule has 0 unspecified atom stereocenters. The fourth-order valence-electron chi connectivity index (χ4n) is 11.2. The van der Waals surface area contributed by atoms with Crippen molar-refractivity contribution in [3.8, 4) is 43.1 Å². The number of nitrogens with two attached hydrogens (primary N) is 2. The summed E-state index contributed by atoms with van der Waals surface area (Å²) in [6.07, 6.45) is -8.45. The van der Waals surface area contributed by atoms with Crippen LogP contribution in [0.1, 0.15) is 36.8 Å². The molecule has 8 N–H and O–H groups in total. The molecule has 2 aliphatic heterocycles. The highest BCUT2D eigenvalue weighted by Gasteiger charge is 2.37. The smallest absolute Gasteiger partial charge is 0.417 e. The van der Waals surface area contributed by atoms with Crippen molar-refractivity contribution in [1.82, 2.24) is 0 Å². The summed E-state index contributed by atoms with van der Waals surface area (Å²) in [4.78, 5) is 83.5. The van der Waals surface area contributed by atoms with E-state index in [1.165, 1.54) is 108 Å². The van der Waals surface area contributed by atoms with Gasteiger partial charge in [0.1, 0.15) is 16.7 Å². The Kier molecular flexibility index (Phi) is 27.6. The van der Waals surface area contributed by atoms with Crippen LogP contribution in [0.3, 0.4) is 0 Å². The van der Waals surface area contributed by atoms with Crippen molar-refractivity contribution in [2.75, 3.05) is 50.4 Å². The van der Waals surface area contributed by atoms with Crippen LogP contribution >= 0.6 is 116 Å². The van der Waals surface area contributed by atoms with E-state index in [-0.39, 0.29) is 59.2 Å². The maximum Gasteiger partial charge on any atom is 0.417 e. The minimum atomic E-state index is -4.69. The molecule has 0 saturated heterocycles. The SMILES string of the molecule is Nc1ccc(-c2c3ccc(=S)cc-3sc3cc(S)ccc23)c(C(F)(F)F)c1.Nc1ccc2oc(=O)ccc2c1.O=C(CCSSCCC(=O)Nc1ccc2oc(=O)ccc2c1)Nc1ccc(-c2c3ccc(=S)cc-3sc3cc(S)ccc23)c(C(F)(F)F)c1.O=C(O)CCSSCCC(=O)Nc1ccc2oc(=O)ccc2c1. The number of carboxylic acids is 1. The van der Waals surface area contributed by atoms with Crippen LogP contribution in [0.5, 0.6) is 0 Å². The number of hydrogen-bond donors (Lipinski definition) is 8. The number of halogens is 6. The molecule has 0 spiro atoms. The Bertz CT molecular complexity index is 6110. The highest BCUT2D eigenvalue weighted by atomic mass is 33.1. The molecule has 0 atom stereocenters. The van der Waals surface area contributed by atoms with Crippen LogP contribution in [0, 0.1) is 9.02 Å². The Balaban J connectivity index is 0.000000165. The fourth-order valence-corrected chi connectivity index (χ4v) is 18.6. The van der Waals surface area contributed by atoms with E-state index in [9.17, 15) is 59.9 Å². The molecule has 7 aromatic carbocycles. The quantitative estimate of drug-likeness (QED) is 0.00546. The van der Waals surface area contributed by atoms with E-state index in [0.29, 0.717) is 105 Å². The molecule has 3 amide bonds. The highest BCUT2D eigenvalue weighted by Crippen LogP contribution is 2.50. The van der Waals surface area contributed by atoms with Gasteiger partial charge in [-0.15, -0.1) is 47.9 Å². The number of rotatable bonds is 19. The maximum atomic E-state index is 14.6. The lowest BCUT2D eigenvalue weighted by Crippen LogP contribution is -2.14. The van der Waals surface area contributed by atoms with E-state index in [0.717, 1.165) is 57.9 Å². The van der Waals surface area contributed by atoms with Crippen LogP contribution in [-0.4, -0.2) is 51.8 Å². The van der Waals surface area contributed by atoms with Gasteiger partial charge in [-0.2, -0.15) is 26.3 Å². The summed E-state index contributed by atoms with van der Waals surface area (Å²) in [5.41, 5.74) is 14.3. The second-order valence-corrected chi connectivity index (χ2v) is 33.6. The average molecular weight is 1690 g/mol. The van der Waals surface area contributed by atoms with Gasteiger partial charge in [0.25, 0.3) is 0 Å². The molecule has 14 rings (SSSR count). The Hall–Kier alpha value is -9.61. The minimum absolute atomic E-state index is 0.00212. The molecule has 5 heterocycles. The average Bonchev–Trinajstić information content (AvgIpc) is 0.748. The summed E-state index contributed by atoms with van der Waals surface area (Å²) in [5.74, 6) is 0.478. The number of aliphatic carboxylic acids is 1. The number of carbonyl (C=O) groups is 4. The Morgan fingerprint density at radius 2 is 0.766 bits per heavy atom. The van der Waals surface area contributed by atoms with Crippen LogP contribution < -0.4 is 44.3 Å². The van der Waals surface area contributed by atoms with Crippen LogP contribution in [-0.2, 0) is 31.5 Å². The third-order valence-corrected chi connectivity index (χ3v) is 24.2. The Morgan fingerprint density at radius 3 is 1.19 bits per heavy atom. The van der Waals surface area contributed by atoms with Gasteiger partial charge in [0.15, 0.2) is 0 Å². The number of thiol groups is 2. The molecule has 0 saturated carbocycles. The van der Waals surface area contributed by atoms with E-state index in [1.807, 2.05) is 18.2 Å². The second kappa shape index (κ2) is 37.1. The molecule has 0 bridgehead atoms. The zero-order valence-corrected chi connectivity index (χ0v) is 65.6. The van der Waals surface area contributed by atoms with Crippen LogP contribution in [0.4, 0.5) is 54.8 Å². The molecule has 568 valence electrons. The predicted molar refractivity (Wildman–Crippen MR) is 452 cm³/mol. The first-order valence-corrected chi connectivity index (χ1v) is 41.4. The molecule has 32 heteroatoms. The lowest BCUT2D eigenvalue weighted by atomic mass is 9.91. The van der Waals surface area contributed by atoms with Crippen LogP contribution in [0.2, 0.25) is 0 Å². The van der Waals surface area contributed by atoms with Crippen molar-refractivity contribution < 1.29 is 63.9 Å². The van der Waals surface area contributed by atoms with Gasteiger partial charge in [-0.25, -0.2) is 14.4 Å². The summed E-state index contributed by atoms with van der Waals surface area (Å²) in [6.45, 7) is 0. The van der Waals surface area contributed by atoms with Gasteiger partial charge in [0.05, 0.1) is 17.5 Å². The van der Waals surface area contributed by atoms with E-state index < -0.39 is 46.6 Å². The molecule has 0 radical (unpaired) electrons. The molecular weight excluding hydrogens is 1630 g/mol. The van der Waals surface area contributed by atoms with Crippen molar-refractivity contribution in [2.45, 2.75) is 47.8 Å². The monoisotopic (exact) mass is 1690 g/mol. The Morgan fingerprint density at radius 1 is 0.414 bits per heavy atom.